The highest BCUT2D eigenvalue weighted by molar-refractivity contribution is 6.21. The van der Waals surface area contributed by atoms with Crippen LogP contribution in [0.25, 0.3) is 48.8 Å². The largest absolute Gasteiger partial charge is 0.310 e. The highest BCUT2D eigenvalue weighted by Gasteiger charge is 2.30. The average Bonchev–Trinajstić information content (AvgIpc) is 3.28. The highest BCUT2D eigenvalue weighted by Crippen LogP contribution is 2.46. The normalized spacial score (nSPS) is 15.3. The van der Waals surface area contributed by atoms with Crippen molar-refractivity contribution in [2.75, 3.05) is 4.90 Å². The van der Waals surface area contributed by atoms with Gasteiger partial charge >= 0.3 is 0 Å². The van der Waals surface area contributed by atoms with E-state index in [-0.39, 0.29) is 5.92 Å². The molecule has 0 radical (unpaired) electrons. The summed E-state index contributed by atoms with van der Waals surface area (Å²) in [5.41, 5.74) is 9.65. The molecule has 0 saturated carbocycles. The molecule has 0 N–H and O–H groups in total. The minimum Gasteiger partial charge on any atom is -0.310 e. The summed E-state index contributed by atoms with van der Waals surface area (Å²) in [5, 5.41) is 9.87. The molecule has 2 heterocycles. The third-order valence-electron chi connectivity index (χ3n) is 11.4. The number of para-hydroxylation sites is 3. The van der Waals surface area contributed by atoms with Crippen LogP contribution in [0.2, 0.25) is 0 Å². The van der Waals surface area contributed by atoms with Crippen LogP contribution in [0.5, 0.6) is 0 Å². The molecule has 258 valence electrons. The van der Waals surface area contributed by atoms with Crippen molar-refractivity contribution in [1.29, 1.82) is 0 Å². The molecule has 2 aliphatic rings. The van der Waals surface area contributed by atoms with E-state index in [2.05, 4.69) is 199 Å². The molecule has 2 aliphatic heterocycles. The number of fused-ring (bicyclic) bond motifs is 12. The van der Waals surface area contributed by atoms with Crippen LogP contribution in [0.15, 0.2) is 204 Å². The van der Waals surface area contributed by atoms with Crippen molar-refractivity contribution in [1.82, 2.24) is 0 Å². The zero-order valence-electron chi connectivity index (χ0n) is 30.1. The van der Waals surface area contributed by atoms with Crippen LogP contribution in [0, 0.1) is 0 Å². The van der Waals surface area contributed by atoms with Crippen LogP contribution in [0.4, 0.5) is 17.1 Å². The Labute approximate surface area is 319 Å². The lowest BCUT2D eigenvalue weighted by Crippen LogP contribution is -2.20. The molecule has 1 unspecified atom stereocenters. The van der Waals surface area contributed by atoms with Gasteiger partial charge in [-0.25, -0.2) is 9.98 Å². The molecule has 11 rings (SSSR count). The predicted octanol–water partition coefficient (Wildman–Crippen LogP) is 13.5. The lowest BCUT2D eigenvalue weighted by atomic mass is 9.84. The van der Waals surface area contributed by atoms with Gasteiger partial charge in [-0.2, -0.15) is 0 Å². The predicted molar refractivity (Wildman–Crippen MR) is 232 cm³/mol. The molecule has 3 nitrogen and oxygen atoms in total. The van der Waals surface area contributed by atoms with Crippen molar-refractivity contribution >= 4 is 77.4 Å². The van der Waals surface area contributed by atoms with Crippen molar-refractivity contribution in [3.8, 4) is 0 Å². The van der Waals surface area contributed by atoms with Crippen molar-refractivity contribution in [3.05, 3.63) is 216 Å². The van der Waals surface area contributed by atoms with Gasteiger partial charge in [0, 0.05) is 22.7 Å². The summed E-state index contributed by atoms with van der Waals surface area (Å²) in [5.74, 6) is 0.654. The maximum absolute atomic E-state index is 5.70. The Morgan fingerprint density at radius 3 is 1.93 bits per heavy atom. The van der Waals surface area contributed by atoms with Crippen molar-refractivity contribution in [2.45, 2.75) is 12.3 Å². The van der Waals surface area contributed by atoms with Crippen LogP contribution >= 0.6 is 0 Å². The molecule has 0 amide bonds. The summed E-state index contributed by atoms with van der Waals surface area (Å²) >= 11 is 0. The van der Waals surface area contributed by atoms with Crippen molar-refractivity contribution in [2.24, 2.45) is 9.98 Å². The van der Waals surface area contributed by atoms with E-state index in [0.29, 0.717) is 5.84 Å². The standard InChI is InChI=1S/C52H35N3/c1-2-15-40(16-3-1)55-49-20-10-8-18-45(49)46-30-31-48(47-19-9-11-21-50(47)55)53-52(39-23-22-34-12-4-5-14-36(34)32-39)54-51(46)38-26-27-42-37(33-38)25-29-43-41-17-7-6-13-35(41)24-28-44(42)43/h1-29,31-33,46H,30H2. The molecular formula is C52H35N3. The summed E-state index contributed by atoms with van der Waals surface area (Å²) in [6, 6.07) is 68.0. The number of anilines is 3. The SMILES string of the molecule is C1=C2N=C(c3ccc4ccccc4c3)N=C(c3ccc4c(ccc5c6ccccc6ccc45)c3)C(C1)c1ccccc1N(c1ccccc1)c1ccccc12. The van der Waals surface area contributed by atoms with E-state index in [0.717, 1.165) is 51.6 Å². The van der Waals surface area contributed by atoms with Crippen LogP contribution in [-0.4, -0.2) is 11.5 Å². The van der Waals surface area contributed by atoms with Gasteiger partial charge in [0.15, 0.2) is 5.84 Å². The Hall–Kier alpha value is -7.10. The molecule has 1 atom stereocenters. The minimum atomic E-state index is -0.0560. The zero-order valence-corrected chi connectivity index (χ0v) is 30.1. The van der Waals surface area contributed by atoms with Gasteiger partial charge < -0.3 is 4.90 Å². The van der Waals surface area contributed by atoms with Crippen LogP contribution in [-0.2, 0) is 0 Å². The second kappa shape index (κ2) is 12.8. The summed E-state index contributed by atoms with van der Waals surface area (Å²) in [6.45, 7) is 0. The summed E-state index contributed by atoms with van der Waals surface area (Å²) in [4.78, 5) is 13.6. The Balaban J connectivity index is 1.19. The second-order valence-electron chi connectivity index (χ2n) is 14.5. The number of aliphatic imine (C=N–C) groups is 2. The van der Waals surface area contributed by atoms with Crippen LogP contribution in [0.3, 0.4) is 0 Å². The van der Waals surface area contributed by atoms with Gasteiger partial charge in [0.05, 0.1) is 22.8 Å². The monoisotopic (exact) mass is 701 g/mol. The molecule has 0 aromatic heterocycles. The number of rotatable bonds is 3. The molecule has 55 heavy (non-hydrogen) atoms. The fraction of sp³-hybridized carbons (Fsp3) is 0.0385. The number of nitrogens with zero attached hydrogens (tertiary/aromatic N) is 3. The Kier molecular flexibility index (Phi) is 7.31. The molecule has 0 saturated heterocycles. The van der Waals surface area contributed by atoms with E-state index in [9.17, 15) is 0 Å². The Morgan fingerprint density at radius 2 is 1.05 bits per heavy atom. The van der Waals surface area contributed by atoms with Crippen molar-refractivity contribution < 1.29 is 0 Å². The molecule has 0 spiro atoms. The Bertz CT molecular complexity index is 3080. The molecule has 9 aromatic carbocycles. The van der Waals surface area contributed by atoms with E-state index in [1.807, 2.05) is 0 Å². The van der Waals surface area contributed by atoms with E-state index in [1.165, 1.54) is 48.7 Å². The summed E-state index contributed by atoms with van der Waals surface area (Å²) in [7, 11) is 0. The average molecular weight is 702 g/mol. The van der Waals surface area contributed by atoms with Gasteiger partial charge in [-0.3, -0.25) is 0 Å². The summed E-state index contributed by atoms with van der Waals surface area (Å²) in [6.07, 6.45) is 3.09. The number of allylic oxidation sites excluding steroid dienone is 1. The zero-order chi connectivity index (χ0) is 36.3. The quantitative estimate of drug-likeness (QED) is 0.169. The van der Waals surface area contributed by atoms with E-state index >= 15 is 0 Å². The van der Waals surface area contributed by atoms with E-state index < -0.39 is 0 Å². The first kappa shape index (κ1) is 31.4. The van der Waals surface area contributed by atoms with Crippen LogP contribution in [0.1, 0.15) is 34.6 Å². The van der Waals surface area contributed by atoms with Gasteiger partial charge in [-0.15, -0.1) is 0 Å². The highest BCUT2D eigenvalue weighted by atomic mass is 15.2. The fourth-order valence-corrected chi connectivity index (χ4v) is 8.73. The molecule has 0 aliphatic carbocycles. The molecule has 3 heteroatoms. The molecule has 2 bridgehead atoms. The molecule has 0 fully saturated rings. The van der Waals surface area contributed by atoms with Gasteiger partial charge in [0.25, 0.3) is 0 Å². The maximum atomic E-state index is 5.70. The van der Waals surface area contributed by atoms with Crippen LogP contribution < -0.4 is 4.90 Å². The third-order valence-corrected chi connectivity index (χ3v) is 11.4. The minimum absolute atomic E-state index is 0.0560. The van der Waals surface area contributed by atoms with Gasteiger partial charge in [-0.05, 0) is 97.0 Å². The first-order valence-corrected chi connectivity index (χ1v) is 19.0. The number of hydrogen-bond acceptors (Lipinski definition) is 3. The maximum Gasteiger partial charge on any atom is 0.160 e. The molecule has 9 aromatic rings. The van der Waals surface area contributed by atoms with E-state index in [4.69, 9.17) is 9.98 Å². The smallest absolute Gasteiger partial charge is 0.160 e. The summed E-state index contributed by atoms with van der Waals surface area (Å²) < 4.78 is 0. The first-order chi connectivity index (χ1) is 27.3. The third kappa shape index (κ3) is 5.27. The van der Waals surface area contributed by atoms with Gasteiger partial charge in [0.1, 0.15) is 0 Å². The second-order valence-corrected chi connectivity index (χ2v) is 14.5. The number of benzene rings is 9. The van der Waals surface area contributed by atoms with Crippen molar-refractivity contribution in [3.63, 3.8) is 0 Å². The Morgan fingerprint density at radius 1 is 0.436 bits per heavy atom. The molecular weight excluding hydrogens is 667 g/mol. The van der Waals surface area contributed by atoms with Gasteiger partial charge in [0.2, 0.25) is 0 Å². The first-order valence-electron chi connectivity index (χ1n) is 19.0. The number of amidine groups is 1. The van der Waals surface area contributed by atoms with Gasteiger partial charge in [-0.1, -0.05) is 158 Å². The number of hydrogen-bond donors (Lipinski definition) is 0. The fourth-order valence-electron chi connectivity index (χ4n) is 8.73. The van der Waals surface area contributed by atoms with E-state index in [1.54, 1.807) is 0 Å². The lowest BCUT2D eigenvalue weighted by Gasteiger charge is -2.30. The lowest BCUT2D eigenvalue weighted by molar-refractivity contribution is 0.905. The topological polar surface area (TPSA) is 28.0 Å².